The molecule has 0 spiro atoms. The number of fused-ring (bicyclic) bond motifs is 1. The molecule has 3 aromatic carbocycles. The number of aromatic nitrogens is 1. The number of rotatable bonds is 9. The van der Waals surface area contributed by atoms with Gasteiger partial charge in [-0.25, -0.2) is 9.59 Å². The van der Waals surface area contributed by atoms with E-state index in [1.165, 1.54) is 7.11 Å². The highest BCUT2D eigenvalue weighted by atomic mass is 16.5. The van der Waals surface area contributed by atoms with Crippen molar-refractivity contribution in [3.05, 3.63) is 77.6 Å². The van der Waals surface area contributed by atoms with Crippen LogP contribution in [0.25, 0.3) is 10.8 Å². The van der Waals surface area contributed by atoms with Crippen molar-refractivity contribution in [1.82, 2.24) is 4.57 Å². The molecule has 0 aliphatic carbocycles. The standard InChI is InChI=1S/C32H37N3O6/c1-32(2,3)28-19-24(29(35(28)4)30(36)40-7)34-31(37)33-23-13-15-25(22-11-9-8-10-21(22)23)41-17-16-20-12-14-26(38-5)27(18-20)39-6/h8-15,18-19H,16-17H2,1-7H3,(H2,33,34,37). The van der Waals surface area contributed by atoms with Gasteiger partial charge in [0.15, 0.2) is 17.2 Å². The Morgan fingerprint density at radius 1 is 0.805 bits per heavy atom. The molecule has 0 bridgehead atoms. The van der Waals surface area contributed by atoms with Gasteiger partial charge in [0.05, 0.1) is 39.3 Å². The third-order valence-electron chi connectivity index (χ3n) is 6.86. The van der Waals surface area contributed by atoms with Crippen LogP contribution >= 0.6 is 0 Å². The Hall–Kier alpha value is -4.66. The molecule has 41 heavy (non-hydrogen) atoms. The summed E-state index contributed by atoms with van der Waals surface area (Å²) in [6.45, 7) is 6.57. The fourth-order valence-electron chi connectivity index (χ4n) is 4.86. The lowest BCUT2D eigenvalue weighted by atomic mass is 9.92. The molecule has 0 aliphatic rings. The van der Waals surface area contributed by atoms with Gasteiger partial charge in [0.1, 0.15) is 5.75 Å². The molecule has 0 unspecified atom stereocenters. The number of hydrogen-bond donors (Lipinski definition) is 2. The number of benzene rings is 3. The van der Waals surface area contributed by atoms with Crippen molar-refractivity contribution in [2.24, 2.45) is 7.05 Å². The van der Waals surface area contributed by atoms with Gasteiger partial charge in [0.2, 0.25) is 0 Å². The third-order valence-corrected chi connectivity index (χ3v) is 6.86. The summed E-state index contributed by atoms with van der Waals surface area (Å²) in [7, 11) is 6.33. The first-order chi connectivity index (χ1) is 19.6. The molecular formula is C32H37N3O6. The first-order valence-electron chi connectivity index (χ1n) is 13.3. The molecule has 0 aliphatic heterocycles. The molecule has 1 aromatic heterocycles. The van der Waals surface area contributed by atoms with Gasteiger partial charge in [-0.15, -0.1) is 0 Å². The van der Waals surface area contributed by atoms with Crippen molar-refractivity contribution in [2.75, 3.05) is 38.6 Å². The highest BCUT2D eigenvalue weighted by Gasteiger charge is 2.27. The fraction of sp³-hybridized carbons (Fsp3) is 0.312. The molecule has 0 saturated heterocycles. The topological polar surface area (TPSA) is 100 Å². The molecule has 4 rings (SSSR count). The van der Waals surface area contributed by atoms with Crippen LogP contribution in [-0.4, -0.2) is 44.5 Å². The van der Waals surface area contributed by atoms with Gasteiger partial charge in [-0.3, -0.25) is 0 Å². The summed E-state index contributed by atoms with van der Waals surface area (Å²) in [5, 5.41) is 7.45. The monoisotopic (exact) mass is 559 g/mol. The predicted octanol–water partition coefficient (Wildman–Crippen LogP) is 6.55. The summed E-state index contributed by atoms with van der Waals surface area (Å²) in [5.74, 6) is 1.53. The minimum atomic E-state index is -0.529. The Morgan fingerprint density at radius 2 is 1.46 bits per heavy atom. The van der Waals surface area contributed by atoms with Crippen LogP contribution in [0.15, 0.2) is 60.7 Å². The number of amides is 2. The van der Waals surface area contributed by atoms with E-state index in [2.05, 4.69) is 10.6 Å². The van der Waals surface area contributed by atoms with Gasteiger partial charge in [0.25, 0.3) is 0 Å². The average molecular weight is 560 g/mol. The first kappa shape index (κ1) is 29.3. The quantitative estimate of drug-likeness (QED) is 0.226. The largest absolute Gasteiger partial charge is 0.493 e. The molecule has 2 amide bonds. The molecule has 0 radical (unpaired) electrons. The Morgan fingerprint density at radius 3 is 2.12 bits per heavy atom. The molecule has 4 aromatic rings. The molecule has 1 heterocycles. The smallest absolute Gasteiger partial charge is 0.356 e. The number of carbonyl (C=O) groups excluding carboxylic acids is 2. The van der Waals surface area contributed by atoms with Gasteiger partial charge in [-0.05, 0) is 35.9 Å². The Labute approximate surface area is 240 Å². The fourth-order valence-corrected chi connectivity index (χ4v) is 4.86. The molecule has 2 N–H and O–H groups in total. The van der Waals surface area contributed by atoms with E-state index in [9.17, 15) is 9.59 Å². The van der Waals surface area contributed by atoms with Gasteiger partial charge in [-0.1, -0.05) is 51.1 Å². The summed E-state index contributed by atoms with van der Waals surface area (Å²) >= 11 is 0. The maximum Gasteiger partial charge on any atom is 0.356 e. The van der Waals surface area contributed by atoms with Crippen molar-refractivity contribution >= 4 is 34.1 Å². The van der Waals surface area contributed by atoms with Crippen molar-refractivity contribution in [3.63, 3.8) is 0 Å². The second kappa shape index (κ2) is 12.2. The predicted molar refractivity (Wildman–Crippen MR) is 161 cm³/mol. The van der Waals surface area contributed by atoms with Crippen LogP contribution in [-0.2, 0) is 23.6 Å². The number of nitrogens with one attached hydrogen (secondary N) is 2. The minimum Gasteiger partial charge on any atom is -0.493 e. The van der Waals surface area contributed by atoms with E-state index < -0.39 is 12.0 Å². The first-order valence-corrected chi connectivity index (χ1v) is 13.3. The number of carbonyl (C=O) groups is 2. The Kier molecular flexibility index (Phi) is 8.76. The van der Waals surface area contributed by atoms with E-state index in [-0.39, 0.29) is 11.1 Å². The molecule has 216 valence electrons. The zero-order valence-electron chi connectivity index (χ0n) is 24.6. The van der Waals surface area contributed by atoms with Gasteiger partial charge in [-0.2, -0.15) is 0 Å². The maximum atomic E-state index is 13.1. The normalized spacial score (nSPS) is 11.2. The molecular weight excluding hydrogens is 522 g/mol. The van der Waals surface area contributed by atoms with E-state index >= 15 is 0 Å². The van der Waals surface area contributed by atoms with Crippen molar-refractivity contribution in [2.45, 2.75) is 32.6 Å². The van der Waals surface area contributed by atoms with Gasteiger partial charge in [0, 0.05) is 35.3 Å². The second-order valence-electron chi connectivity index (χ2n) is 10.6. The van der Waals surface area contributed by atoms with Crippen LogP contribution in [0.5, 0.6) is 17.2 Å². The third kappa shape index (κ3) is 6.40. The van der Waals surface area contributed by atoms with Crippen molar-refractivity contribution in [1.29, 1.82) is 0 Å². The van der Waals surface area contributed by atoms with E-state index in [4.69, 9.17) is 18.9 Å². The van der Waals surface area contributed by atoms with Gasteiger partial charge < -0.3 is 34.1 Å². The van der Waals surface area contributed by atoms with Crippen LogP contribution in [0.2, 0.25) is 0 Å². The van der Waals surface area contributed by atoms with Crippen LogP contribution in [0.3, 0.4) is 0 Å². The number of ether oxygens (including phenoxy) is 4. The van der Waals surface area contributed by atoms with E-state index in [0.717, 1.165) is 22.0 Å². The van der Waals surface area contributed by atoms with Crippen molar-refractivity contribution < 1.29 is 28.5 Å². The molecule has 9 nitrogen and oxygen atoms in total. The van der Waals surface area contributed by atoms with Crippen LogP contribution in [0.1, 0.15) is 42.5 Å². The molecule has 0 saturated carbocycles. The molecule has 0 fully saturated rings. The summed E-state index contributed by atoms with van der Waals surface area (Å²) in [6, 6.07) is 18.5. The Bertz CT molecular complexity index is 1570. The number of anilines is 2. The van der Waals surface area contributed by atoms with Crippen LogP contribution in [0, 0.1) is 0 Å². The van der Waals surface area contributed by atoms with Crippen LogP contribution < -0.4 is 24.8 Å². The SMILES string of the molecule is COC(=O)c1c(NC(=O)Nc2ccc(OCCc3ccc(OC)c(OC)c3)c3ccccc23)cc(C(C)(C)C)n1C. The minimum absolute atomic E-state index is 0.251. The number of methoxy groups -OCH3 is 3. The summed E-state index contributed by atoms with van der Waals surface area (Å²) < 4.78 is 23.6. The lowest BCUT2D eigenvalue weighted by molar-refractivity contribution is 0.0590. The van der Waals surface area contributed by atoms with E-state index in [0.29, 0.717) is 41.7 Å². The summed E-state index contributed by atoms with van der Waals surface area (Å²) in [4.78, 5) is 25.7. The zero-order valence-corrected chi connectivity index (χ0v) is 24.6. The molecule has 9 heteroatoms. The number of urea groups is 1. The second-order valence-corrected chi connectivity index (χ2v) is 10.6. The number of hydrogen-bond acceptors (Lipinski definition) is 6. The zero-order chi connectivity index (χ0) is 29.7. The number of nitrogens with zero attached hydrogens (tertiary/aromatic N) is 1. The van der Waals surface area contributed by atoms with Gasteiger partial charge >= 0.3 is 12.0 Å². The highest BCUT2D eigenvalue weighted by Crippen LogP contribution is 2.34. The van der Waals surface area contributed by atoms with E-state index in [1.807, 2.05) is 69.3 Å². The van der Waals surface area contributed by atoms with Crippen molar-refractivity contribution in [3.8, 4) is 17.2 Å². The molecule has 0 atom stereocenters. The summed E-state index contributed by atoms with van der Waals surface area (Å²) in [6.07, 6.45) is 0.674. The maximum absolute atomic E-state index is 13.1. The lowest BCUT2D eigenvalue weighted by Crippen LogP contribution is -2.22. The van der Waals surface area contributed by atoms with Crippen LogP contribution in [0.4, 0.5) is 16.2 Å². The average Bonchev–Trinajstić information content (AvgIpc) is 3.29. The Balaban J connectivity index is 1.51. The summed E-state index contributed by atoms with van der Waals surface area (Å²) in [5.41, 5.74) is 2.95. The number of esters is 1. The van der Waals surface area contributed by atoms with E-state index in [1.54, 1.807) is 38.0 Å². The highest BCUT2D eigenvalue weighted by molar-refractivity contribution is 6.09. The lowest BCUT2D eigenvalue weighted by Gasteiger charge is -2.19.